The van der Waals surface area contributed by atoms with Crippen molar-refractivity contribution < 1.29 is 4.74 Å². The number of rotatable bonds is 7. The number of hydrogen-bond acceptors (Lipinski definition) is 1. The molecular weight excluding hydrogens is 222 g/mol. The molecule has 0 aliphatic carbocycles. The standard InChI is InChI=1S/C16H21NO/c1-3-5-6-11-17-12-10-14-15(17)8-7-9-16(14)18-13-4-2/h3,7-10,12H,1,4-6,11,13H2,2H3. The van der Waals surface area contributed by atoms with Gasteiger partial charge in [-0.2, -0.15) is 0 Å². The number of aryl methyl sites for hydroxylation is 1. The fourth-order valence-corrected chi connectivity index (χ4v) is 2.13. The van der Waals surface area contributed by atoms with Crippen LogP contribution in [0.2, 0.25) is 0 Å². The maximum atomic E-state index is 5.78. The molecule has 0 saturated heterocycles. The monoisotopic (exact) mass is 243 g/mol. The average Bonchev–Trinajstić information content (AvgIpc) is 2.81. The van der Waals surface area contributed by atoms with Crippen LogP contribution >= 0.6 is 0 Å². The van der Waals surface area contributed by atoms with Gasteiger partial charge in [-0.1, -0.05) is 19.1 Å². The minimum Gasteiger partial charge on any atom is -0.493 e. The molecule has 0 aliphatic rings. The second kappa shape index (κ2) is 6.29. The zero-order valence-electron chi connectivity index (χ0n) is 11.1. The molecule has 0 radical (unpaired) electrons. The summed E-state index contributed by atoms with van der Waals surface area (Å²) in [5.41, 5.74) is 1.26. The van der Waals surface area contributed by atoms with Crippen molar-refractivity contribution in [2.45, 2.75) is 32.7 Å². The summed E-state index contributed by atoms with van der Waals surface area (Å²) in [6.45, 7) is 7.70. The lowest BCUT2D eigenvalue weighted by atomic mass is 10.2. The largest absolute Gasteiger partial charge is 0.493 e. The van der Waals surface area contributed by atoms with Crippen LogP contribution in [0.25, 0.3) is 10.9 Å². The molecule has 0 saturated carbocycles. The fourth-order valence-electron chi connectivity index (χ4n) is 2.13. The Kier molecular flexibility index (Phi) is 4.46. The van der Waals surface area contributed by atoms with E-state index in [1.807, 2.05) is 12.1 Å². The van der Waals surface area contributed by atoms with Crippen molar-refractivity contribution in [2.24, 2.45) is 0 Å². The first kappa shape index (κ1) is 12.7. The summed E-state index contributed by atoms with van der Waals surface area (Å²) >= 11 is 0. The summed E-state index contributed by atoms with van der Waals surface area (Å²) < 4.78 is 8.07. The molecule has 2 aromatic rings. The molecule has 1 aromatic heterocycles. The van der Waals surface area contributed by atoms with Gasteiger partial charge in [0.15, 0.2) is 0 Å². The average molecular weight is 243 g/mol. The van der Waals surface area contributed by atoms with E-state index >= 15 is 0 Å². The highest BCUT2D eigenvalue weighted by atomic mass is 16.5. The minimum atomic E-state index is 0.779. The van der Waals surface area contributed by atoms with Crippen LogP contribution in [-0.2, 0) is 6.54 Å². The lowest BCUT2D eigenvalue weighted by molar-refractivity contribution is 0.321. The number of aromatic nitrogens is 1. The van der Waals surface area contributed by atoms with E-state index in [1.165, 1.54) is 10.9 Å². The number of fused-ring (bicyclic) bond motifs is 1. The molecule has 0 unspecified atom stereocenters. The number of nitrogens with zero attached hydrogens (tertiary/aromatic N) is 1. The number of ether oxygens (including phenoxy) is 1. The van der Waals surface area contributed by atoms with Gasteiger partial charge in [0, 0.05) is 18.1 Å². The van der Waals surface area contributed by atoms with Crippen molar-refractivity contribution in [3.63, 3.8) is 0 Å². The van der Waals surface area contributed by atoms with E-state index in [0.29, 0.717) is 0 Å². The zero-order chi connectivity index (χ0) is 12.8. The quantitative estimate of drug-likeness (QED) is 0.519. The Balaban J connectivity index is 2.21. The molecule has 0 N–H and O–H groups in total. The van der Waals surface area contributed by atoms with E-state index in [0.717, 1.165) is 38.2 Å². The highest BCUT2D eigenvalue weighted by Gasteiger charge is 2.05. The third kappa shape index (κ3) is 2.76. The highest BCUT2D eigenvalue weighted by molar-refractivity contribution is 5.86. The molecule has 2 nitrogen and oxygen atoms in total. The number of allylic oxidation sites excluding steroid dienone is 1. The van der Waals surface area contributed by atoms with Crippen molar-refractivity contribution in [3.8, 4) is 5.75 Å². The highest BCUT2D eigenvalue weighted by Crippen LogP contribution is 2.27. The van der Waals surface area contributed by atoms with Gasteiger partial charge in [0.1, 0.15) is 5.75 Å². The van der Waals surface area contributed by atoms with Gasteiger partial charge in [0.25, 0.3) is 0 Å². The van der Waals surface area contributed by atoms with Crippen molar-refractivity contribution in [3.05, 3.63) is 43.1 Å². The Bertz CT molecular complexity index is 513. The van der Waals surface area contributed by atoms with Crippen LogP contribution in [0, 0.1) is 0 Å². The molecular formula is C16H21NO. The topological polar surface area (TPSA) is 14.2 Å². The Labute approximate surface area is 109 Å². The SMILES string of the molecule is C=CCCCn1ccc2c(OCCC)cccc21. The van der Waals surface area contributed by atoms with E-state index in [1.54, 1.807) is 0 Å². The number of benzene rings is 1. The van der Waals surface area contributed by atoms with Crippen molar-refractivity contribution >= 4 is 10.9 Å². The first-order valence-corrected chi connectivity index (χ1v) is 6.68. The first-order valence-electron chi connectivity index (χ1n) is 6.68. The predicted molar refractivity (Wildman–Crippen MR) is 77.2 cm³/mol. The molecule has 0 atom stereocenters. The molecule has 0 bridgehead atoms. The van der Waals surface area contributed by atoms with Crippen LogP contribution in [0.1, 0.15) is 26.2 Å². The molecule has 1 heterocycles. The summed E-state index contributed by atoms with van der Waals surface area (Å²) in [4.78, 5) is 0. The Hall–Kier alpha value is -1.70. The molecule has 18 heavy (non-hydrogen) atoms. The van der Waals surface area contributed by atoms with Gasteiger partial charge in [0.05, 0.1) is 12.1 Å². The maximum absolute atomic E-state index is 5.78. The minimum absolute atomic E-state index is 0.779. The van der Waals surface area contributed by atoms with Crippen LogP contribution < -0.4 is 4.74 Å². The summed E-state index contributed by atoms with van der Waals surface area (Å²) in [5, 5.41) is 1.21. The first-order chi connectivity index (χ1) is 8.86. The zero-order valence-corrected chi connectivity index (χ0v) is 11.1. The molecule has 0 spiro atoms. The van der Waals surface area contributed by atoms with Gasteiger partial charge >= 0.3 is 0 Å². The van der Waals surface area contributed by atoms with Crippen LogP contribution in [0.3, 0.4) is 0 Å². The Morgan fingerprint density at radius 1 is 1.33 bits per heavy atom. The van der Waals surface area contributed by atoms with E-state index in [-0.39, 0.29) is 0 Å². The van der Waals surface area contributed by atoms with E-state index in [4.69, 9.17) is 4.74 Å². The smallest absolute Gasteiger partial charge is 0.128 e. The summed E-state index contributed by atoms with van der Waals surface area (Å²) in [5.74, 6) is 0.997. The number of hydrogen-bond donors (Lipinski definition) is 0. The molecule has 1 aromatic carbocycles. The summed E-state index contributed by atoms with van der Waals surface area (Å²) in [6.07, 6.45) is 7.35. The lowest BCUT2D eigenvalue weighted by Crippen LogP contribution is -1.97. The van der Waals surface area contributed by atoms with Crippen LogP contribution in [0.5, 0.6) is 5.75 Å². The Morgan fingerprint density at radius 2 is 2.22 bits per heavy atom. The molecule has 0 amide bonds. The van der Waals surface area contributed by atoms with Gasteiger partial charge in [-0.05, 0) is 37.5 Å². The third-order valence-electron chi connectivity index (χ3n) is 3.04. The predicted octanol–water partition coefficient (Wildman–Crippen LogP) is 4.40. The molecule has 0 fully saturated rings. The van der Waals surface area contributed by atoms with Crippen molar-refractivity contribution in [2.75, 3.05) is 6.61 Å². The molecule has 2 heteroatoms. The van der Waals surface area contributed by atoms with Gasteiger partial charge in [-0.3, -0.25) is 0 Å². The van der Waals surface area contributed by atoms with Crippen LogP contribution in [0.4, 0.5) is 0 Å². The fraction of sp³-hybridized carbons (Fsp3) is 0.375. The molecule has 96 valence electrons. The number of unbranched alkanes of at least 4 members (excludes halogenated alkanes) is 1. The summed E-state index contributed by atoms with van der Waals surface area (Å²) in [6, 6.07) is 8.42. The van der Waals surface area contributed by atoms with Gasteiger partial charge in [-0.25, -0.2) is 0 Å². The molecule has 0 aliphatic heterocycles. The van der Waals surface area contributed by atoms with Gasteiger partial charge in [-0.15, -0.1) is 6.58 Å². The summed E-state index contributed by atoms with van der Waals surface area (Å²) in [7, 11) is 0. The van der Waals surface area contributed by atoms with Crippen molar-refractivity contribution in [1.29, 1.82) is 0 Å². The van der Waals surface area contributed by atoms with Crippen LogP contribution in [0.15, 0.2) is 43.1 Å². The van der Waals surface area contributed by atoms with Gasteiger partial charge < -0.3 is 9.30 Å². The lowest BCUT2D eigenvalue weighted by Gasteiger charge is -2.08. The van der Waals surface area contributed by atoms with E-state index in [9.17, 15) is 0 Å². The molecule has 2 rings (SSSR count). The van der Waals surface area contributed by atoms with Crippen molar-refractivity contribution in [1.82, 2.24) is 4.57 Å². The second-order valence-corrected chi connectivity index (χ2v) is 4.48. The van der Waals surface area contributed by atoms with E-state index < -0.39 is 0 Å². The third-order valence-corrected chi connectivity index (χ3v) is 3.04. The maximum Gasteiger partial charge on any atom is 0.128 e. The van der Waals surface area contributed by atoms with E-state index in [2.05, 4.69) is 42.5 Å². The normalized spacial score (nSPS) is 10.7. The Morgan fingerprint density at radius 3 is 3.00 bits per heavy atom. The van der Waals surface area contributed by atoms with Gasteiger partial charge in [0.2, 0.25) is 0 Å². The second-order valence-electron chi connectivity index (χ2n) is 4.48. The van der Waals surface area contributed by atoms with Crippen LogP contribution in [-0.4, -0.2) is 11.2 Å².